The van der Waals surface area contributed by atoms with Gasteiger partial charge in [0.15, 0.2) is 11.9 Å². The average Bonchev–Trinajstić information content (AvgIpc) is 3.36. The largest absolute Gasteiger partial charge is 0.573 e. The number of hydrogen-bond acceptors (Lipinski definition) is 6. The lowest BCUT2D eigenvalue weighted by Gasteiger charge is -2.12. The third-order valence-electron chi connectivity index (χ3n) is 6.62. The van der Waals surface area contributed by atoms with Crippen LogP contribution in [0.15, 0.2) is 63.4 Å². The molecule has 0 bridgehead atoms. The highest BCUT2D eigenvalue weighted by atomic mass is 19.4. The number of nitrogens with zero attached hydrogens (tertiary/aromatic N) is 4. The fourth-order valence-corrected chi connectivity index (χ4v) is 4.60. The molecule has 45 heavy (non-hydrogen) atoms. The van der Waals surface area contributed by atoms with E-state index in [4.69, 9.17) is 22.9 Å². The molecular formula is C29H34F4N10O2. The molecule has 0 aliphatic heterocycles. The zero-order valence-electron chi connectivity index (χ0n) is 24.2. The molecule has 0 aliphatic rings. The second-order valence-corrected chi connectivity index (χ2v) is 10.2. The lowest BCUT2D eigenvalue weighted by molar-refractivity contribution is -0.274. The van der Waals surface area contributed by atoms with Crippen LogP contribution in [0, 0.1) is 5.82 Å². The van der Waals surface area contributed by atoms with Crippen LogP contribution in [0.3, 0.4) is 0 Å². The zero-order chi connectivity index (χ0) is 32.6. The van der Waals surface area contributed by atoms with E-state index in [-0.39, 0.29) is 35.5 Å². The van der Waals surface area contributed by atoms with E-state index in [1.807, 2.05) is 0 Å². The maximum Gasteiger partial charge on any atom is 0.573 e. The lowest BCUT2D eigenvalue weighted by atomic mass is 10.0. The summed E-state index contributed by atoms with van der Waals surface area (Å²) in [5.74, 6) is -0.920. The van der Waals surface area contributed by atoms with Gasteiger partial charge >= 0.3 is 12.1 Å². The molecule has 0 amide bonds. The van der Waals surface area contributed by atoms with Crippen LogP contribution in [-0.4, -0.2) is 52.5 Å². The number of aryl methyl sites for hydroxylation is 1. The van der Waals surface area contributed by atoms with Gasteiger partial charge in [0.25, 0.3) is 0 Å². The first-order valence-electron chi connectivity index (χ1n) is 14.0. The Kier molecular flexibility index (Phi) is 10.6. The summed E-state index contributed by atoms with van der Waals surface area (Å²) in [6.45, 7) is 1.67. The molecule has 2 aromatic heterocycles. The van der Waals surface area contributed by atoms with Gasteiger partial charge in [0.05, 0.1) is 5.69 Å². The zero-order valence-corrected chi connectivity index (χ0v) is 24.2. The van der Waals surface area contributed by atoms with Gasteiger partial charge < -0.3 is 38.0 Å². The van der Waals surface area contributed by atoms with Crippen molar-refractivity contribution in [2.75, 3.05) is 19.6 Å². The highest BCUT2D eigenvalue weighted by Crippen LogP contribution is 2.31. The quantitative estimate of drug-likeness (QED) is 0.0528. The Hall–Kier alpha value is -5.12. The third-order valence-corrected chi connectivity index (χ3v) is 6.62. The number of ether oxygens (including phenoxy) is 1. The standard InChI is InChI=1S/C29H34F4N10O2/c30-23-14-21(6-5-18(23)15-38-7-3-9-40-27(36)37)43-16-20-13-24(41-25(20)42-28(43)44)19-10-17(4-1-2-8-39-26(34)35)11-22(12-19)45-29(31,32)33/h5-6,10-14,16,38H,1-4,7-9,15H2,(H4,34,35,39)(H4,36,37,40)(H,41,42,44). The van der Waals surface area contributed by atoms with E-state index in [1.54, 1.807) is 24.3 Å². The van der Waals surface area contributed by atoms with E-state index in [9.17, 15) is 22.4 Å². The molecule has 10 N–H and O–H groups in total. The lowest BCUT2D eigenvalue weighted by Crippen LogP contribution is -2.23. The molecule has 240 valence electrons. The third kappa shape index (κ3) is 9.69. The van der Waals surface area contributed by atoms with Crippen LogP contribution in [0.25, 0.3) is 28.0 Å². The highest BCUT2D eigenvalue weighted by Gasteiger charge is 2.31. The second-order valence-electron chi connectivity index (χ2n) is 10.2. The van der Waals surface area contributed by atoms with E-state index in [0.29, 0.717) is 73.1 Å². The van der Waals surface area contributed by atoms with E-state index in [0.717, 1.165) is 0 Å². The SMILES string of the molecule is NC(N)=NCCCCc1cc(OC(F)(F)F)cc(-c2cc3cn(-c4ccc(CNCCCN=C(N)N)c(F)c4)c(=O)nc3[nH]2)c1. The van der Waals surface area contributed by atoms with Crippen molar-refractivity contribution >= 4 is 23.0 Å². The Labute approximate surface area is 255 Å². The van der Waals surface area contributed by atoms with Crippen molar-refractivity contribution in [3.8, 4) is 22.7 Å². The van der Waals surface area contributed by atoms with Gasteiger partial charge in [-0.3, -0.25) is 14.6 Å². The minimum Gasteiger partial charge on any atom is -0.406 e. The molecule has 0 saturated heterocycles. The number of halogens is 4. The summed E-state index contributed by atoms with van der Waals surface area (Å²) >= 11 is 0. The van der Waals surface area contributed by atoms with Crippen molar-refractivity contribution in [1.29, 1.82) is 0 Å². The van der Waals surface area contributed by atoms with Gasteiger partial charge in [-0.1, -0.05) is 6.07 Å². The minimum atomic E-state index is -4.89. The molecule has 4 rings (SSSR count). The summed E-state index contributed by atoms with van der Waals surface area (Å²) < 4.78 is 59.5. The van der Waals surface area contributed by atoms with Crippen LogP contribution in [0.5, 0.6) is 5.75 Å². The number of rotatable bonds is 14. The van der Waals surface area contributed by atoms with E-state index in [1.165, 1.54) is 29.0 Å². The number of unbranched alkanes of at least 4 members (excludes halogenated alkanes) is 1. The molecule has 0 spiro atoms. The molecule has 0 saturated carbocycles. The van der Waals surface area contributed by atoms with E-state index < -0.39 is 17.9 Å². The molecule has 0 fully saturated rings. The Bertz CT molecular complexity index is 1740. The molecule has 16 heteroatoms. The van der Waals surface area contributed by atoms with Crippen LogP contribution in [0.1, 0.15) is 30.4 Å². The maximum absolute atomic E-state index is 14.9. The Morgan fingerprint density at radius 1 is 0.978 bits per heavy atom. The van der Waals surface area contributed by atoms with Gasteiger partial charge in [0.2, 0.25) is 0 Å². The monoisotopic (exact) mass is 630 g/mol. The number of aromatic nitrogens is 3. The van der Waals surface area contributed by atoms with Crippen molar-refractivity contribution in [1.82, 2.24) is 19.9 Å². The van der Waals surface area contributed by atoms with Crippen molar-refractivity contribution < 1.29 is 22.3 Å². The molecule has 0 atom stereocenters. The number of aromatic amines is 1. The first-order valence-corrected chi connectivity index (χ1v) is 14.0. The Morgan fingerprint density at radius 2 is 1.71 bits per heavy atom. The average molecular weight is 631 g/mol. The topological polar surface area (TPSA) is 201 Å². The highest BCUT2D eigenvalue weighted by molar-refractivity contribution is 5.83. The normalized spacial score (nSPS) is 11.5. The van der Waals surface area contributed by atoms with Crippen molar-refractivity contribution in [3.63, 3.8) is 0 Å². The van der Waals surface area contributed by atoms with Gasteiger partial charge in [-0.2, -0.15) is 4.98 Å². The summed E-state index contributed by atoms with van der Waals surface area (Å²) in [6, 6.07) is 10.3. The Morgan fingerprint density at radius 3 is 2.40 bits per heavy atom. The Balaban J connectivity index is 1.55. The summed E-state index contributed by atoms with van der Waals surface area (Å²) in [5, 5.41) is 3.59. The van der Waals surface area contributed by atoms with Crippen LogP contribution in [-0.2, 0) is 13.0 Å². The molecule has 0 aliphatic carbocycles. The summed E-state index contributed by atoms with van der Waals surface area (Å²) in [4.78, 5) is 27.7. The second kappa shape index (κ2) is 14.6. The fourth-order valence-electron chi connectivity index (χ4n) is 4.60. The molecule has 2 aromatic carbocycles. The molecule has 12 nitrogen and oxygen atoms in total. The number of nitrogens with one attached hydrogen (secondary N) is 2. The molecular weight excluding hydrogens is 596 g/mol. The molecule has 2 heterocycles. The van der Waals surface area contributed by atoms with Crippen LogP contribution >= 0.6 is 0 Å². The van der Waals surface area contributed by atoms with E-state index in [2.05, 4.69) is 30.0 Å². The number of alkyl halides is 3. The maximum atomic E-state index is 14.9. The number of benzene rings is 2. The summed E-state index contributed by atoms with van der Waals surface area (Å²) in [5.41, 5.74) is 22.8. The summed E-state index contributed by atoms with van der Waals surface area (Å²) in [7, 11) is 0. The van der Waals surface area contributed by atoms with Gasteiger partial charge in [-0.25, -0.2) is 9.18 Å². The van der Waals surface area contributed by atoms with Crippen molar-refractivity contribution in [2.45, 2.75) is 38.6 Å². The molecule has 0 unspecified atom stereocenters. The summed E-state index contributed by atoms with van der Waals surface area (Å²) in [6.07, 6.45) is -1.05. The van der Waals surface area contributed by atoms with Gasteiger partial charge in [0, 0.05) is 48.0 Å². The van der Waals surface area contributed by atoms with Crippen LogP contribution in [0.4, 0.5) is 17.6 Å². The minimum absolute atomic E-state index is 0.0118. The van der Waals surface area contributed by atoms with Gasteiger partial charge in [-0.15, -0.1) is 13.2 Å². The van der Waals surface area contributed by atoms with E-state index >= 15 is 0 Å². The number of fused-ring (bicyclic) bond motifs is 1. The van der Waals surface area contributed by atoms with Crippen molar-refractivity contribution in [3.05, 3.63) is 76.1 Å². The number of guanidine groups is 2. The number of aliphatic imine (C=N–C) groups is 2. The first-order chi connectivity index (χ1) is 21.4. The fraction of sp³-hybridized carbons (Fsp3) is 0.310. The number of nitrogens with two attached hydrogens (primary N) is 4. The smallest absolute Gasteiger partial charge is 0.406 e. The van der Waals surface area contributed by atoms with Gasteiger partial charge in [0.1, 0.15) is 17.2 Å². The van der Waals surface area contributed by atoms with Crippen LogP contribution in [0.2, 0.25) is 0 Å². The number of H-pyrrole nitrogens is 1. The predicted molar refractivity (Wildman–Crippen MR) is 164 cm³/mol. The van der Waals surface area contributed by atoms with Crippen LogP contribution < -0.4 is 38.7 Å². The number of hydrogen-bond donors (Lipinski definition) is 6. The molecule has 4 aromatic rings. The molecule has 0 radical (unpaired) electrons. The van der Waals surface area contributed by atoms with Crippen molar-refractivity contribution in [2.24, 2.45) is 32.9 Å². The first kappa shape index (κ1) is 32.8. The predicted octanol–water partition coefficient (Wildman–Crippen LogP) is 2.77. The van der Waals surface area contributed by atoms with Gasteiger partial charge in [-0.05, 0) is 74.2 Å².